The highest BCUT2D eigenvalue weighted by molar-refractivity contribution is 6.31. The second-order valence-corrected chi connectivity index (χ2v) is 10.1. The number of nitrogens with zero attached hydrogens (tertiary/aromatic N) is 2. The Balaban J connectivity index is 1.36. The van der Waals surface area contributed by atoms with Gasteiger partial charge in [0.2, 0.25) is 5.96 Å². The summed E-state index contributed by atoms with van der Waals surface area (Å²) in [5.74, 6) is -0.518. The fourth-order valence-electron chi connectivity index (χ4n) is 4.48. The first-order valence-electron chi connectivity index (χ1n) is 13.2. The fourth-order valence-corrected chi connectivity index (χ4v) is 4.82. The molecule has 11 heteroatoms. The van der Waals surface area contributed by atoms with Crippen LogP contribution in [0.3, 0.4) is 0 Å². The van der Waals surface area contributed by atoms with Crippen molar-refractivity contribution in [1.82, 2.24) is 20.9 Å². The number of hydrogen-bond donors (Lipinski definition) is 5. The van der Waals surface area contributed by atoms with E-state index in [0.29, 0.717) is 39.5 Å². The Bertz CT molecular complexity index is 1730. The largest absolute Gasteiger partial charge is 0.423 e. The molecule has 214 valence electrons. The van der Waals surface area contributed by atoms with Gasteiger partial charge in [-0.25, -0.2) is 9.38 Å². The van der Waals surface area contributed by atoms with Gasteiger partial charge in [-0.15, -0.1) is 0 Å². The molecule has 1 aliphatic rings. The van der Waals surface area contributed by atoms with Gasteiger partial charge in [-0.05, 0) is 43.2 Å². The molecule has 0 radical (unpaired) electrons. The number of aromatic nitrogens is 1. The summed E-state index contributed by atoms with van der Waals surface area (Å²) in [5, 5.41) is 20.4. The number of nitrogens with one attached hydrogen (secondary N) is 5. The lowest BCUT2D eigenvalue weighted by atomic mass is 9.95. The number of rotatable bonds is 9. The Labute approximate surface area is 247 Å². The van der Waals surface area contributed by atoms with E-state index < -0.39 is 11.9 Å². The van der Waals surface area contributed by atoms with Gasteiger partial charge in [0.05, 0.1) is 5.57 Å². The van der Waals surface area contributed by atoms with Crippen LogP contribution in [-0.4, -0.2) is 29.6 Å². The van der Waals surface area contributed by atoms with Crippen LogP contribution < -0.4 is 21.3 Å². The lowest BCUT2D eigenvalue weighted by Gasteiger charge is -2.27. The molecule has 0 bridgehead atoms. The van der Waals surface area contributed by atoms with Crippen LogP contribution in [0.4, 0.5) is 10.4 Å². The molecule has 1 aliphatic heterocycles. The van der Waals surface area contributed by atoms with E-state index in [0.717, 1.165) is 11.1 Å². The number of carbonyl (C=O) groups excluding carboxylic acids is 1. The van der Waals surface area contributed by atoms with E-state index in [1.165, 1.54) is 24.4 Å². The van der Waals surface area contributed by atoms with Crippen molar-refractivity contribution in [1.29, 1.82) is 5.41 Å². The number of oxazole rings is 1. The molecule has 9 nitrogen and oxygen atoms in total. The summed E-state index contributed by atoms with van der Waals surface area (Å²) in [5.41, 5.74) is 4.96. The van der Waals surface area contributed by atoms with Gasteiger partial charge in [0.1, 0.15) is 17.4 Å². The number of fused-ring (bicyclic) bond motifs is 1. The Morgan fingerprint density at radius 2 is 1.95 bits per heavy atom. The standard InChI is InChI=1S/C31H29ClFN7O2/c1-18-8-10-23(24(32)12-18)28-27(29(41)36-17-21(14-34)16-35-15-20-6-4-3-5-7-20)19(2)37-30(39-28)40-31-38-25-11-9-22(33)13-26(25)42-31/h3-14,16,28,34-35H,15,17H2,1-2H3,(H,36,41)(H2,37,38,39,40)/b21-16+,34-14?. The maximum atomic E-state index is 13.6. The quantitative estimate of drug-likeness (QED) is 0.159. The summed E-state index contributed by atoms with van der Waals surface area (Å²) in [7, 11) is 0. The molecule has 1 amide bonds. The predicted octanol–water partition coefficient (Wildman–Crippen LogP) is 5.75. The van der Waals surface area contributed by atoms with Crippen molar-refractivity contribution in [3.05, 3.63) is 117 Å². The number of aryl methyl sites for hydroxylation is 1. The molecule has 1 atom stereocenters. The zero-order valence-electron chi connectivity index (χ0n) is 23.0. The number of anilines is 1. The van der Waals surface area contributed by atoms with Crippen molar-refractivity contribution in [2.24, 2.45) is 4.99 Å². The van der Waals surface area contributed by atoms with Gasteiger partial charge in [0.15, 0.2) is 5.58 Å². The van der Waals surface area contributed by atoms with Crippen molar-refractivity contribution in [3.8, 4) is 0 Å². The number of amides is 1. The van der Waals surface area contributed by atoms with E-state index in [9.17, 15) is 9.18 Å². The minimum Gasteiger partial charge on any atom is -0.423 e. The number of carbonyl (C=O) groups is 1. The summed E-state index contributed by atoms with van der Waals surface area (Å²) < 4.78 is 19.3. The molecular weight excluding hydrogens is 557 g/mol. The second kappa shape index (κ2) is 12.7. The van der Waals surface area contributed by atoms with Crippen molar-refractivity contribution in [2.45, 2.75) is 26.4 Å². The highest BCUT2D eigenvalue weighted by atomic mass is 35.5. The maximum absolute atomic E-state index is 13.6. The van der Waals surface area contributed by atoms with E-state index in [2.05, 4.69) is 26.3 Å². The third-order valence-corrected chi connectivity index (χ3v) is 6.91. The minimum absolute atomic E-state index is 0.111. The minimum atomic E-state index is -0.757. The molecule has 0 saturated carbocycles. The van der Waals surface area contributed by atoms with Gasteiger partial charge in [-0.3, -0.25) is 10.1 Å². The zero-order valence-corrected chi connectivity index (χ0v) is 23.7. The van der Waals surface area contributed by atoms with Crippen LogP contribution in [0.5, 0.6) is 0 Å². The van der Waals surface area contributed by atoms with Crippen molar-refractivity contribution in [3.63, 3.8) is 0 Å². The summed E-state index contributed by atoms with van der Waals surface area (Å²) in [6.07, 6.45) is 2.90. The summed E-state index contributed by atoms with van der Waals surface area (Å²) in [6.45, 7) is 4.41. The second-order valence-electron chi connectivity index (χ2n) is 9.74. The molecule has 3 aromatic carbocycles. The molecule has 2 heterocycles. The topological polar surface area (TPSA) is 127 Å². The SMILES string of the molecule is CC1=C(C(=O)NC/C(C=N)=C/NCc2ccccc2)C(c2ccc(C)cc2Cl)N=C(Nc2nc3ccc(F)cc3o2)N1. The third-order valence-electron chi connectivity index (χ3n) is 6.59. The Morgan fingerprint density at radius 3 is 2.71 bits per heavy atom. The van der Waals surface area contributed by atoms with E-state index in [1.807, 2.05) is 55.5 Å². The lowest BCUT2D eigenvalue weighted by molar-refractivity contribution is -0.117. The number of hydrogen-bond acceptors (Lipinski definition) is 8. The Morgan fingerprint density at radius 1 is 1.14 bits per heavy atom. The molecule has 4 aromatic rings. The molecule has 1 unspecified atom stereocenters. The average Bonchev–Trinajstić information content (AvgIpc) is 3.36. The predicted molar refractivity (Wildman–Crippen MR) is 163 cm³/mol. The monoisotopic (exact) mass is 585 g/mol. The number of guanidine groups is 1. The van der Waals surface area contributed by atoms with E-state index in [1.54, 1.807) is 13.1 Å². The number of halogens is 2. The van der Waals surface area contributed by atoms with Gasteiger partial charge in [0.25, 0.3) is 5.91 Å². The molecule has 0 saturated heterocycles. The highest BCUT2D eigenvalue weighted by Crippen LogP contribution is 2.35. The van der Waals surface area contributed by atoms with Gasteiger partial charge < -0.3 is 25.8 Å². The van der Waals surface area contributed by atoms with E-state index >= 15 is 0 Å². The van der Waals surface area contributed by atoms with Crippen LogP contribution in [-0.2, 0) is 11.3 Å². The van der Waals surface area contributed by atoms with Crippen LogP contribution in [0.25, 0.3) is 11.1 Å². The third kappa shape index (κ3) is 6.67. The van der Waals surface area contributed by atoms with Gasteiger partial charge in [0, 0.05) is 53.4 Å². The smallest absolute Gasteiger partial charge is 0.302 e. The van der Waals surface area contributed by atoms with Crippen LogP contribution in [0.15, 0.2) is 99.2 Å². The summed E-state index contributed by atoms with van der Waals surface area (Å²) in [4.78, 5) is 22.7. The number of benzene rings is 3. The first-order valence-corrected chi connectivity index (χ1v) is 13.6. The van der Waals surface area contributed by atoms with Gasteiger partial charge in [-0.2, -0.15) is 4.98 Å². The molecule has 0 aliphatic carbocycles. The molecule has 1 aromatic heterocycles. The Kier molecular flexibility index (Phi) is 8.63. The molecular formula is C31H29ClFN7O2. The van der Waals surface area contributed by atoms with E-state index in [-0.39, 0.29) is 30.0 Å². The Hall–Kier alpha value is -4.96. The first-order chi connectivity index (χ1) is 20.3. The van der Waals surface area contributed by atoms with Crippen molar-refractivity contribution in [2.75, 3.05) is 11.9 Å². The van der Waals surface area contributed by atoms with Crippen LogP contribution >= 0.6 is 11.6 Å². The van der Waals surface area contributed by atoms with Crippen LogP contribution in [0.2, 0.25) is 5.02 Å². The molecule has 0 fully saturated rings. The lowest BCUT2D eigenvalue weighted by Crippen LogP contribution is -2.39. The van der Waals surface area contributed by atoms with E-state index in [4.69, 9.17) is 26.4 Å². The first kappa shape index (κ1) is 28.6. The van der Waals surface area contributed by atoms with Gasteiger partial charge >= 0.3 is 6.01 Å². The van der Waals surface area contributed by atoms with Crippen molar-refractivity contribution >= 4 is 46.8 Å². The van der Waals surface area contributed by atoms with Gasteiger partial charge in [-0.1, -0.05) is 54.1 Å². The molecule has 5 rings (SSSR count). The number of aliphatic imine (C=N–C) groups is 1. The number of allylic oxidation sites excluding steroid dienone is 1. The van der Waals surface area contributed by atoms with Crippen LogP contribution in [0.1, 0.15) is 29.7 Å². The molecule has 42 heavy (non-hydrogen) atoms. The van der Waals surface area contributed by atoms with Crippen molar-refractivity contribution < 1.29 is 13.6 Å². The highest BCUT2D eigenvalue weighted by Gasteiger charge is 2.31. The summed E-state index contributed by atoms with van der Waals surface area (Å²) >= 11 is 6.64. The summed E-state index contributed by atoms with van der Waals surface area (Å²) in [6, 6.07) is 18.9. The molecule has 5 N–H and O–H groups in total. The maximum Gasteiger partial charge on any atom is 0.302 e. The zero-order chi connectivity index (χ0) is 29.6. The fraction of sp³-hybridized carbons (Fsp3) is 0.161. The normalized spacial score (nSPS) is 15.2. The van der Waals surface area contributed by atoms with Crippen LogP contribution in [0, 0.1) is 18.2 Å². The average molecular weight is 586 g/mol. The molecule has 0 spiro atoms.